The first-order valence-corrected chi connectivity index (χ1v) is 5.00. The summed E-state index contributed by atoms with van der Waals surface area (Å²) in [6, 6.07) is 0. The van der Waals surface area contributed by atoms with Gasteiger partial charge in [0.2, 0.25) is 0 Å². The molecule has 0 aromatic heterocycles. The Labute approximate surface area is 81.8 Å². The minimum Gasteiger partial charge on any atom is -1.00 e. The first kappa shape index (κ1) is 16.7. The first-order chi connectivity index (χ1) is 3.13. The van der Waals surface area contributed by atoms with Gasteiger partial charge in [0.05, 0.1) is 0 Å². The van der Waals surface area contributed by atoms with Crippen molar-refractivity contribution < 1.29 is 16.8 Å². The van der Waals surface area contributed by atoms with Crippen molar-refractivity contribution in [2.24, 2.45) is 0 Å². The van der Waals surface area contributed by atoms with Crippen LogP contribution in [0.4, 0.5) is 0 Å². The third kappa shape index (κ3) is 17.6. The molecule has 0 amide bonds. The fourth-order valence-electron chi connectivity index (χ4n) is 0.471. The molecule has 0 aliphatic rings. The van der Waals surface area contributed by atoms with E-state index in [0.717, 1.165) is 0 Å². The average molecular weight is 177 g/mol. The minimum atomic E-state index is -0.434. The molecule has 0 aliphatic carbocycles. The molecule has 52 valence electrons. The molecule has 0 bridgehead atoms. The second-order valence-electron chi connectivity index (χ2n) is 2.07. The van der Waals surface area contributed by atoms with Crippen LogP contribution in [0.25, 0.3) is 0 Å². The maximum absolute atomic E-state index is 5.35. The minimum absolute atomic E-state index is 0. The summed E-state index contributed by atoms with van der Waals surface area (Å²) in [5.41, 5.74) is 0. The standard InChI is InChI=1S/C5H13OSi.ClH.Mg/c1-5(2)6-7(3)4;;/h5H,1-4H3;1H;/q-1;;+2/p-1. The van der Waals surface area contributed by atoms with Crippen LogP contribution in [0.1, 0.15) is 13.8 Å². The maximum Gasteiger partial charge on any atom is 2.00 e. The Morgan fingerprint density at radius 3 is 1.56 bits per heavy atom. The van der Waals surface area contributed by atoms with E-state index < -0.39 is 9.04 Å². The van der Waals surface area contributed by atoms with E-state index in [1.54, 1.807) is 0 Å². The van der Waals surface area contributed by atoms with E-state index in [1.807, 2.05) is 0 Å². The Bertz CT molecular complexity index is 46.2. The molecule has 0 saturated carbocycles. The second kappa shape index (κ2) is 9.23. The van der Waals surface area contributed by atoms with Crippen LogP contribution < -0.4 is 12.4 Å². The molecule has 0 unspecified atom stereocenters. The molecule has 9 heavy (non-hydrogen) atoms. The van der Waals surface area contributed by atoms with Crippen LogP contribution in [0, 0.1) is 0 Å². The number of hydrogen-bond acceptors (Lipinski definition) is 1. The molecular formula is C5H13ClMgOSi. The quantitative estimate of drug-likeness (QED) is 0.456. The van der Waals surface area contributed by atoms with Gasteiger partial charge in [-0.2, -0.15) is 13.1 Å². The average Bonchev–Trinajstić information content (AvgIpc) is 1.27. The predicted molar refractivity (Wildman–Crippen MR) is 39.5 cm³/mol. The molecule has 0 rings (SSSR count). The van der Waals surface area contributed by atoms with Crippen molar-refractivity contribution >= 4 is 32.1 Å². The van der Waals surface area contributed by atoms with Gasteiger partial charge in [-0.3, -0.25) is 0 Å². The topological polar surface area (TPSA) is 9.23 Å². The molecule has 4 heteroatoms. The van der Waals surface area contributed by atoms with Crippen molar-refractivity contribution in [3.8, 4) is 0 Å². The molecule has 0 aromatic carbocycles. The van der Waals surface area contributed by atoms with E-state index in [0.29, 0.717) is 6.10 Å². The summed E-state index contributed by atoms with van der Waals surface area (Å²) in [5.74, 6) is 0. The van der Waals surface area contributed by atoms with Crippen LogP contribution in [0.2, 0.25) is 13.1 Å². The summed E-state index contributed by atoms with van der Waals surface area (Å²) < 4.78 is 5.35. The molecule has 0 saturated heterocycles. The zero-order chi connectivity index (χ0) is 5.86. The van der Waals surface area contributed by atoms with Crippen LogP contribution in [0.5, 0.6) is 0 Å². The van der Waals surface area contributed by atoms with Crippen molar-refractivity contribution in [3.05, 3.63) is 0 Å². The Morgan fingerprint density at radius 1 is 1.22 bits per heavy atom. The summed E-state index contributed by atoms with van der Waals surface area (Å²) in [7, 11) is -0.434. The fourth-order valence-corrected chi connectivity index (χ4v) is 1.41. The van der Waals surface area contributed by atoms with Gasteiger partial charge in [-0.25, -0.2) is 0 Å². The molecule has 1 nitrogen and oxygen atoms in total. The van der Waals surface area contributed by atoms with Gasteiger partial charge >= 0.3 is 23.1 Å². The second-order valence-corrected chi connectivity index (χ2v) is 4.13. The number of rotatable bonds is 2. The Hall–Kier alpha value is 1.23. The predicted octanol–water partition coefficient (Wildman–Crippen LogP) is -1.71. The van der Waals surface area contributed by atoms with E-state index in [4.69, 9.17) is 4.43 Å². The monoisotopic (exact) mass is 176 g/mol. The van der Waals surface area contributed by atoms with E-state index >= 15 is 0 Å². The molecule has 0 aromatic rings. The number of hydrogen-bond donors (Lipinski definition) is 0. The largest absolute Gasteiger partial charge is 2.00 e. The van der Waals surface area contributed by atoms with Gasteiger partial charge in [0.1, 0.15) is 0 Å². The summed E-state index contributed by atoms with van der Waals surface area (Å²) in [5, 5.41) is 0. The van der Waals surface area contributed by atoms with Gasteiger partial charge in [-0.1, -0.05) is 0 Å². The van der Waals surface area contributed by atoms with Crippen LogP contribution in [-0.4, -0.2) is 38.2 Å². The third-order valence-electron chi connectivity index (χ3n) is 0.471. The van der Waals surface area contributed by atoms with Crippen LogP contribution in [0.15, 0.2) is 0 Å². The Morgan fingerprint density at radius 2 is 1.56 bits per heavy atom. The molecular weight excluding hydrogens is 164 g/mol. The van der Waals surface area contributed by atoms with E-state index in [9.17, 15) is 0 Å². The van der Waals surface area contributed by atoms with Gasteiger partial charge in [-0.05, 0) is 13.8 Å². The summed E-state index contributed by atoms with van der Waals surface area (Å²) in [6.07, 6.45) is 0.420. The molecule has 0 spiro atoms. The van der Waals surface area contributed by atoms with E-state index in [-0.39, 0.29) is 35.5 Å². The van der Waals surface area contributed by atoms with Crippen LogP contribution in [-0.2, 0) is 4.43 Å². The molecule has 0 aliphatic heterocycles. The summed E-state index contributed by atoms with van der Waals surface area (Å²) >= 11 is 0. The maximum atomic E-state index is 5.35. The van der Waals surface area contributed by atoms with E-state index in [1.165, 1.54) is 0 Å². The normalized spacial score (nSPS) is 8.67. The van der Waals surface area contributed by atoms with Gasteiger partial charge < -0.3 is 16.8 Å². The molecule has 0 N–H and O–H groups in total. The summed E-state index contributed by atoms with van der Waals surface area (Å²) in [6.45, 7) is 8.42. The van der Waals surface area contributed by atoms with Crippen molar-refractivity contribution in [3.63, 3.8) is 0 Å². The fraction of sp³-hybridized carbons (Fsp3) is 1.00. The molecule has 0 fully saturated rings. The SMILES string of the molecule is CC(C)O[Si-](C)C.[Cl-].[Mg+2]. The molecule has 0 heterocycles. The van der Waals surface area contributed by atoms with Crippen molar-refractivity contribution in [2.45, 2.75) is 33.0 Å². The van der Waals surface area contributed by atoms with E-state index in [2.05, 4.69) is 26.9 Å². The third-order valence-corrected chi connectivity index (χ3v) is 1.41. The molecule has 0 atom stereocenters. The van der Waals surface area contributed by atoms with Crippen molar-refractivity contribution in [1.29, 1.82) is 0 Å². The Balaban J connectivity index is -0.000000180. The molecule has 0 radical (unpaired) electrons. The first-order valence-electron chi connectivity index (χ1n) is 2.59. The van der Waals surface area contributed by atoms with Gasteiger partial charge in [0.25, 0.3) is 0 Å². The summed E-state index contributed by atoms with van der Waals surface area (Å²) in [4.78, 5) is 0. The smallest absolute Gasteiger partial charge is 1.00 e. The van der Waals surface area contributed by atoms with Gasteiger partial charge in [-0.15, -0.1) is 9.04 Å². The van der Waals surface area contributed by atoms with Crippen molar-refractivity contribution in [1.82, 2.24) is 0 Å². The van der Waals surface area contributed by atoms with Crippen LogP contribution >= 0.6 is 0 Å². The van der Waals surface area contributed by atoms with Gasteiger partial charge in [0, 0.05) is 6.10 Å². The van der Waals surface area contributed by atoms with Crippen molar-refractivity contribution in [2.75, 3.05) is 0 Å². The van der Waals surface area contributed by atoms with Gasteiger partial charge in [0.15, 0.2) is 0 Å². The Kier molecular flexibility index (Phi) is 17.1. The zero-order valence-corrected chi connectivity index (χ0v) is 9.74. The van der Waals surface area contributed by atoms with Crippen LogP contribution in [0.3, 0.4) is 0 Å². The zero-order valence-electron chi connectivity index (χ0n) is 6.57. The number of halogens is 1.